The van der Waals surface area contributed by atoms with E-state index in [1.807, 2.05) is 17.9 Å². The Labute approximate surface area is 112 Å². The Bertz CT molecular complexity index is 455. The highest BCUT2D eigenvalue weighted by atomic mass is 32.1. The number of thiophene rings is 1. The average Bonchev–Trinajstić information content (AvgIpc) is 3.04. The van der Waals surface area contributed by atoms with Crippen LogP contribution in [0.4, 0.5) is 5.69 Å². The molecule has 1 aliphatic carbocycles. The van der Waals surface area contributed by atoms with Gasteiger partial charge in [0, 0.05) is 23.7 Å². The van der Waals surface area contributed by atoms with Crippen LogP contribution in [0.3, 0.4) is 0 Å². The zero-order valence-electron chi connectivity index (χ0n) is 10.9. The topological polar surface area (TPSA) is 46.3 Å². The number of likely N-dealkylation sites (tertiary alicyclic amines) is 1. The summed E-state index contributed by atoms with van der Waals surface area (Å²) in [6.07, 6.45) is 6.49. The molecule has 2 aliphatic rings. The van der Waals surface area contributed by atoms with Gasteiger partial charge in [0.2, 0.25) is 0 Å². The molecular weight excluding hydrogens is 244 g/mol. The van der Waals surface area contributed by atoms with Crippen molar-refractivity contribution in [1.82, 2.24) is 4.90 Å². The van der Waals surface area contributed by atoms with Crippen LogP contribution in [0.5, 0.6) is 0 Å². The summed E-state index contributed by atoms with van der Waals surface area (Å²) in [4.78, 5) is 16.3. The maximum absolute atomic E-state index is 12.4. The van der Waals surface area contributed by atoms with E-state index in [1.165, 1.54) is 43.4 Å². The molecular formula is C14H20N2OS. The van der Waals surface area contributed by atoms with Crippen molar-refractivity contribution >= 4 is 22.9 Å². The molecule has 0 radical (unpaired) electrons. The number of aryl methyl sites for hydroxylation is 1. The molecule has 1 aromatic rings. The molecule has 2 fully saturated rings. The van der Waals surface area contributed by atoms with Gasteiger partial charge in [0.05, 0.1) is 4.88 Å². The molecule has 0 aromatic carbocycles. The molecule has 1 saturated carbocycles. The lowest BCUT2D eigenvalue weighted by Crippen LogP contribution is -2.30. The van der Waals surface area contributed by atoms with Crippen LogP contribution in [-0.4, -0.2) is 23.9 Å². The Morgan fingerprint density at radius 1 is 1.39 bits per heavy atom. The number of anilines is 1. The maximum Gasteiger partial charge on any atom is 0.264 e. The minimum Gasteiger partial charge on any atom is -0.398 e. The molecule has 1 spiro atoms. The summed E-state index contributed by atoms with van der Waals surface area (Å²) < 4.78 is 0. The van der Waals surface area contributed by atoms with Crippen molar-refractivity contribution in [3.05, 3.63) is 15.8 Å². The van der Waals surface area contributed by atoms with Crippen LogP contribution in [0.15, 0.2) is 6.07 Å². The lowest BCUT2D eigenvalue weighted by Gasteiger charge is -2.23. The van der Waals surface area contributed by atoms with Gasteiger partial charge in [-0.05, 0) is 37.7 Å². The minimum absolute atomic E-state index is 0.184. The van der Waals surface area contributed by atoms with Gasteiger partial charge in [0.25, 0.3) is 5.91 Å². The summed E-state index contributed by atoms with van der Waals surface area (Å²) >= 11 is 1.52. The first-order valence-electron chi connectivity index (χ1n) is 6.75. The molecule has 1 amide bonds. The first-order chi connectivity index (χ1) is 8.60. The predicted molar refractivity (Wildman–Crippen MR) is 74.9 cm³/mol. The van der Waals surface area contributed by atoms with Crippen molar-refractivity contribution in [3.63, 3.8) is 0 Å². The van der Waals surface area contributed by atoms with Crippen molar-refractivity contribution in [2.75, 3.05) is 18.8 Å². The fourth-order valence-electron chi connectivity index (χ4n) is 3.40. The number of carbonyl (C=O) groups excluding carboxylic acids is 1. The van der Waals surface area contributed by atoms with Crippen molar-refractivity contribution in [3.8, 4) is 0 Å². The molecule has 2 heterocycles. The maximum atomic E-state index is 12.4. The zero-order valence-corrected chi connectivity index (χ0v) is 11.7. The summed E-state index contributed by atoms with van der Waals surface area (Å²) in [5.74, 6) is 0.184. The molecule has 1 aromatic heterocycles. The number of hydrogen-bond acceptors (Lipinski definition) is 3. The van der Waals surface area contributed by atoms with Gasteiger partial charge in [-0.15, -0.1) is 11.3 Å². The number of hydrogen-bond donors (Lipinski definition) is 1. The van der Waals surface area contributed by atoms with Crippen LogP contribution < -0.4 is 5.73 Å². The second kappa shape index (κ2) is 4.26. The van der Waals surface area contributed by atoms with E-state index < -0.39 is 0 Å². The van der Waals surface area contributed by atoms with E-state index in [1.54, 1.807) is 0 Å². The van der Waals surface area contributed by atoms with Crippen LogP contribution in [0.1, 0.15) is 46.7 Å². The van der Waals surface area contributed by atoms with Crippen LogP contribution in [-0.2, 0) is 0 Å². The second-order valence-electron chi connectivity index (χ2n) is 5.81. The van der Waals surface area contributed by atoms with E-state index in [2.05, 4.69) is 0 Å². The Morgan fingerprint density at radius 2 is 2.11 bits per heavy atom. The van der Waals surface area contributed by atoms with E-state index in [4.69, 9.17) is 5.73 Å². The number of rotatable bonds is 1. The van der Waals surface area contributed by atoms with Gasteiger partial charge in [-0.2, -0.15) is 0 Å². The number of nitrogens with zero attached hydrogens (tertiary/aromatic N) is 1. The SMILES string of the molecule is Cc1sc(C(=O)N2CCC3(CCCC3)C2)cc1N. The minimum atomic E-state index is 0.184. The molecule has 1 saturated heterocycles. The van der Waals surface area contributed by atoms with Crippen LogP contribution >= 0.6 is 11.3 Å². The van der Waals surface area contributed by atoms with E-state index in [-0.39, 0.29) is 5.91 Å². The third-order valence-electron chi connectivity index (χ3n) is 4.56. The van der Waals surface area contributed by atoms with E-state index in [0.29, 0.717) is 5.41 Å². The Kier molecular flexibility index (Phi) is 2.85. The molecule has 3 rings (SSSR count). The molecule has 1 aliphatic heterocycles. The van der Waals surface area contributed by atoms with Crippen LogP contribution in [0.2, 0.25) is 0 Å². The standard InChI is InChI=1S/C14H20N2OS/c1-10-11(15)8-12(18-10)13(17)16-7-6-14(9-16)4-2-3-5-14/h8H,2-7,9,15H2,1H3. The average molecular weight is 264 g/mol. The number of carbonyl (C=O) groups is 1. The van der Waals surface area contributed by atoms with Gasteiger partial charge in [0.15, 0.2) is 0 Å². The predicted octanol–water partition coefficient (Wildman–Crippen LogP) is 3.05. The Hall–Kier alpha value is -1.03. The molecule has 3 nitrogen and oxygen atoms in total. The van der Waals surface area contributed by atoms with Crippen molar-refractivity contribution in [2.24, 2.45) is 5.41 Å². The van der Waals surface area contributed by atoms with Gasteiger partial charge >= 0.3 is 0 Å². The number of nitrogens with two attached hydrogens (primary N) is 1. The first kappa shape index (κ1) is 12.0. The van der Waals surface area contributed by atoms with Crippen molar-refractivity contribution in [2.45, 2.75) is 39.0 Å². The summed E-state index contributed by atoms with van der Waals surface area (Å²) in [6.45, 7) is 3.86. The van der Waals surface area contributed by atoms with Crippen molar-refractivity contribution in [1.29, 1.82) is 0 Å². The molecule has 0 atom stereocenters. The van der Waals surface area contributed by atoms with Gasteiger partial charge in [0.1, 0.15) is 0 Å². The summed E-state index contributed by atoms with van der Waals surface area (Å²) in [5.41, 5.74) is 7.03. The molecule has 0 bridgehead atoms. The normalized spacial score (nSPS) is 21.9. The quantitative estimate of drug-likeness (QED) is 0.847. The smallest absolute Gasteiger partial charge is 0.264 e. The molecule has 0 unspecified atom stereocenters. The fraction of sp³-hybridized carbons (Fsp3) is 0.643. The molecule has 2 N–H and O–H groups in total. The Morgan fingerprint density at radius 3 is 2.72 bits per heavy atom. The largest absolute Gasteiger partial charge is 0.398 e. The van der Waals surface area contributed by atoms with Gasteiger partial charge in [-0.1, -0.05) is 12.8 Å². The highest BCUT2D eigenvalue weighted by Gasteiger charge is 2.42. The lowest BCUT2D eigenvalue weighted by molar-refractivity contribution is 0.0778. The molecule has 18 heavy (non-hydrogen) atoms. The van der Waals surface area contributed by atoms with Crippen LogP contribution in [0.25, 0.3) is 0 Å². The van der Waals surface area contributed by atoms with Gasteiger partial charge in [-0.3, -0.25) is 4.79 Å². The summed E-state index contributed by atoms with van der Waals surface area (Å²) in [7, 11) is 0. The van der Waals surface area contributed by atoms with Gasteiger partial charge in [-0.25, -0.2) is 0 Å². The van der Waals surface area contributed by atoms with E-state index in [9.17, 15) is 4.79 Å². The third-order valence-corrected chi connectivity index (χ3v) is 5.61. The number of nitrogen functional groups attached to an aromatic ring is 1. The molecule has 4 heteroatoms. The van der Waals surface area contributed by atoms with Crippen LogP contribution in [0, 0.1) is 12.3 Å². The summed E-state index contributed by atoms with van der Waals surface area (Å²) in [6, 6.07) is 1.84. The van der Waals surface area contributed by atoms with E-state index >= 15 is 0 Å². The Balaban J connectivity index is 1.74. The van der Waals surface area contributed by atoms with Gasteiger partial charge < -0.3 is 10.6 Å². The number of amides is 1. The van der Waals surface area contributed by atoms with E-state index in [0.717, 1.165) is 28.5 Å². The highest BCUT2D eigenvalue weighted by molar-refractivity contribution is 7.14. The fourth-order valence-corrected chi connectivity index (χ4v) is 4.31. The first-order valence-corrected chi connectivity index (χ1v) is 7.57. The second-order valence-corrected chi connectivity index (χ2v) is 7.06. The monoisotopic (exact) mass is 264 g/mol. The lowest BCUT2D eigenvalue weighted by atomic mass is 9.86. The zero-order chi connectivity index (χ0) is 12.8. The molecule has 98 valence electrons. The highest BCUT2D eigenvalue weighted by Crippen LogP contribution is 2.45. The third kappa shape index (κ3) is 1.92. The van der Waals surface area contributed by atoms with Crippen molar-refractivity contribution < 1.29 is 4.79 Å². The summed E-state index contributed by atoms with van der Waals surface area (Å²) in [5, 5.41) is 0.